The average molecular weight is 559 g/mol. The molecule has 208 valence electrons. The predicted octanol–water partition coefficient (Wildman–Crippen LogP) is 6.17. The van der Waals surface area contributed by atoms with Crippen molar-refractivity contribution in [2.24, 2.45) is 0 Å². The zero-order valence-electron chi connectivity index (χ0n) is 21.8. The van der Waals surface area contributed by atoms with Crippen LogP contribution in [0.2, 0.25) is 0 Å². The van der Waals surface area contributed by atoms with Gasteiger partial charge in [0.1, 0.15) is 28.8 Å². The van der Waals surface area contributed by atoms with Crippen molar-refractivity contribution in [1.29, 1.82) is 0 Å². The van der Waals surface area contributed by atoms with Gasteiger partial charge in [-0.05, 0) is 65.4 Å². The molecule has 5 aromatic rings. The number of nitro groups is 1. The van der Waals surface area contributed by atoms with Crippen LogP contribution in [0.15, 0.2) is 85.1 Å². The molecule has 0 bridgehead atoms. The highest BCUT2D eigenvalue weighted by molar-refractivity contribution is 5.94. The quantitative estimate of drug-likeness (QED) is 0.125. The summed E-state index contributed by atoms with van der Waals surface area (Å²) < 4.78 is 40.7. The lowest BCUT2D eigenvalue weighted by Gasteiger charge is -2.08. The molecule has 0 radical (unpaired) electrons. The van der Waals surface area contributed by atoms with Crippen LogP contribution in [0.5, 0.6) is 17.2 Å². The van der Waals surface area contributed by atoms with Gasteiger partial charge in [-0.2, -0.15) is 5.10 Å². The first-order valence-electron chi connectivity index (χ1n) is 12.6. The number of methoxy groups -OCH3 is 1. The second-order valence-corrected chi connectivity index (χ2v) is 9.13. The van der Waals surface area contributed by atoms with Crippen LogP contribution in [0.25, 0.3) is 27.7 Å². The minimum atomic E-state index is -0.744. The zero-order valence-corrected chi connectivity index (χ0v) is 21.8. The maximum absolute atomic E-state index is 14.0. The van der Waals surface area contributed by atoms with Crippen LogP contribution in [0.1, 0.15) is 16.8 Å². The van der Waals surface area contributed by atoms with Gasteiger partial charge in [0.15, 0.2) is 5.75 Å². The summed E-state index contributed by atoms with van der Waals surface area (Å²) in [5.74, 6) is -0.418. The third-order valence-corrected chi connectivity index (χ3v) is 6.26. The van der Waals surface area contributed by atoms with E-state index in [1.54, 1.807) is 31.4 Å². The number of halogens is 2. The molecule has 1 amide bonds. The van der Waals surface area contributed by atoms with Crippen molar-refractivity contribution in [1.82, 2.24) is 15.1 Å². The first-order chi connectivity index (χ1) is 19.8. The molecule has 1 aromatic heterocycles. The number of nitrogens with one attached hydrogen (secondary N) is 1. The van der Waals surface area contributed by atoms with E-state index in [1.807, 2.05) is 36.4 Å². The van der Waals surface area contributed by atoms with E-state index in [-0.39, 0.29) is 31.1 Å². The molecule has 0 aliphatic heterocycles. The number of amides is 1. The maximum atomic E-state index is 14.0. The monoisotopic (exact) mass is 558 g/mol. The molecule has 9 nitrogen and oxygen atoms in total. The summed E-state index contributed by atoms with van der Waals surface area (Å²) in [6.45, 7) is -0.0451. The number of hydrogen-bond acceptors (Lipinski definition) is 6. The molecular formula is C30H24F2N4O5. The Hall–Kier alpha value is -5.32. The van der Waals surface area contributed by atoms with Crippen LogP contribution < -0.4 is 14.8 Å². The van der Waals surface area contributed by atoms with E-state index in [9.17, 15) is 23.7 Å². The van der Waals surface area contributed by atoms with E-state index in [0.29, 0.717) is 28.3 Å². The number of fused-ring (bicyclic) bond motifs is 1. The van der Waals surface area contributed by atoms with Gasteiger partial charge in [0.05, 0.1) is 19.0 Å². The van der Waals surface area contributed by atoms with Gasteiger partial charge in [-0.3, -0.25) is 14.9 Å². The Bertz CT molecular complexity index is 1720. The highest BCUT2D eigenvalue weighted by Gasteiger charge is 2.17. The number of carbonyl (C=O) groups is 1. The van der Waals surface area contributed by atoms with Crippen LogP contribution in [-0.4, -0.2) is 40.8 Å². The Kier molecular flexibility index (Phi) is 7.86. The molecule has 0 fully saturated rings. The fourth-order valence-corrected chi connectivity index (χ4v) is 4.25. The first-order valence-corrected chi connectivity index (χ1v) is 12.6. The minimum Gasteiger partial charge on any atom is -0.497 e. The topological polar surface area (TPSA) is 109 Å². The summed E-state index contributed by atoms with van der Waals surface area (Å²) in [7, 11) is 1.60. The zero-order chi connectivity index (χ0) is 28.9. The normalized spacial score (nSPS) is 10.9. The van der Waals surface area contributed by atoms with Crippen LogP contribution in [0.4, 0.5) is 8.78 Å². The Morgan fingerprint density at radius 3 is 2.34 bits per heavy atom. The molecule has 0 atom stereocenters. The van der Waals surface area contributed by atoms with Crippen molar-refractivity contribution >= 4 is 16.7 Å². The van der Waals surface area contributed by atoms with Gasteiger partial charge in [0.25, 0.3) is 5.91 Å². The molecule has 0 saturated heterocycles. The molecule has 41 heavy (non-hydrogen) atoms. The second kappa shape index (κ2) is 11.8. The van der Waals surface area contributed by atoms with Crippen LogP contribution in [-0.2, 0) is 0 Å². The Labute approximate surface area is 233 Å². The van der Waals surface area contributed by atoms with E-state index < -0.39 is 16.6 Å². The first kappa shape index (κ1) is 27.3. The molecule has 0 spiro atoms. The lowest BCUT2D eigenvalue weighted by atomic mass is 10.0. The third kappa shape index (κ3) is 6.47. The average Bonchev–Trinajstić information content (AvgIpc) is 3.38. The van der Waals surface area contributed by atoms with E-state index in [1.165, 1.54) is 10.9 Å². The summed E-state index contributed by atoms with van der Waals surface area (Å²) in [5, 5.41) is 19.6. The van der Waals surface area contributed by atoms with Gasteiger partial charge >= 0.3 is 0 Å². The smallest absolute Gasteiger partial charge is 0.251 e. The minimum absolute atomic E-state index is 0.174. The van der Waals surface area contributed by atoms with Crippen LogP contribution in [0.3, 0.4) is 0 Å². The fourth-order valence-electron chi connectivity index (χ4n) is 4.25. The Morgan fingerprint density at radius 1 is 0.951 bits per heavy atom. The largest absolute Gasteiger partial charge is 0.497 e. The fraction of sp³-hybridized carbons (Fsp3) is 0.133. The van der Waals surface area contributed by atoms with E-state index in [0.717, 1.165) is 34.7 Å². The molecule has 11 heteroatoms. The summed E-state index contributed by atoms with van der Waals surface area (Å²) >= 11 is 0. The number of nitrogens with zero attached hydrogens (tertiary/aromatic N) is 3. The van der Waals surface area contributed by atoms with Gasteiger partial charge in [-0.25, -0.2) is 13.5 Å². The molecule has 0 unspecified atom stereocenters. The van der Waals surface area contributed by atoms with E-state index >= 15 is 0 Å². The van der Waals surface area contributed by atoms with Crippen molar-refractivity contribution in [3.05, 3.63) is 112 Å². The molecule has 4 aromatic carbocycles. The summed E-state index contributed by atoms with van der Waals surface area (Å²) in [6.07, 6.45) is 1.75. The number of aromatic nitrogens is 2. The number of rotatable bonds is 10. The highest BCUT2D eigenvalue weighted by atomic mass is 19.1. The summed E-state index contributed by atoms with van der Waals surface area (Å²) in [5.41, 5.74) is 1.67. The van der Waals surface area contributed by atoms with Gasteiger partial charge < -0.3 is 14.8 Å². The lowest BCUT2D eigenvalue weighted by Crippen LogP contribution is -2.25. The molecule has 0 saturated carbocycles. The SMILES string of the molecule is COc1ccc2cc(-c3nn(-c4cc(F)cc(F)c4)cc3Oc3ccc(C(=O)NCCC[N+](=O)[O-])cc3)ccc2c1. The van der Waals surface area contributed by atoms with Crippen molar-refractivity contribution in [2.45, 2.75) is 6.42 Å². The molecular weight excluding hydrogens is 534 g/mol. The Morgan fingerprint density at radius 2 is 1.63 bits per heavy atom. The molecule has 1 heterocycles. The molecule has 0 aliphatic rings. The Balaban J connectivity index is 1.45. The van der Waals surface area contributed by atoms with Gasteiger partial charge in [0, 0.05) is 35.1 Å². The van der Waals surface area contributed by atoms with Gasteiger partial charge in [0.2, 0.25) is 6.54 Å². The lowest BCUT2D eigenvalue weighted by molar-refractivity contribution is -0.480. The maximum Gasteiger partial charge on any atom is 0.251 e. The molecule has 5 rings (SSSR count). The number of carbonyl (C=O) groups excluding carboxylic acids is 1. The van der Waals surface area contributed by atoms with Crippen LogP contribution >= 0.6 is 0 Å². The van der Waals surface area contributed by atoms with Crippen LogP contribution in [0, 0.1) is 21.7 Å². The summed E-state index contributed by atoms with van der Waals surface area (Å²) in [4.78, 5) is 22.4. The van der Waals surface area contributed by atoms with Crippen molar-refractivity contribution in [3.8, 4) is 34.2 Å². The summed E-state index contributed by atoms with van der Waals surface area (Å²) in [6, 6.07) is 20.8. The van der Waals surface area contributed by atoms with Crippen molar-refractivity contribution in [3.63, 3.8) is 0 Å². The van der Waals surface area contributed by atoms with Crippen molar-refractivity contribution in [2.75, 3.05) is 20.2 Å². The van der Waals surface area contributed by atoms with Crippen molar-refractivity contribution < 1.29 is 28.0 Å². The third-order valence-electron chi connectivity index (χ3n) is 6.26. The van der Waals surface area contributed by atoms with Gasteiger partial charge in [-0.15, -0.1) is 0 Å². The van der Waals surface area contributed by atoms with Gasteiger partial charge in [-0.1, -0.05) is 18.2 Å². The highest BCUT2D eigenvalue weighted by Crippen LogP contribution is 2.35. The molecule has 0 aliphatic carbocycles. The standard InChI is InChI=1S/C30H24F2N4O5/c1-40-27-10-7-20-13-22(4-3-21(20)14-27)29-28(18-35(34-29)25-16-23(31)15-24(32)17-25)41-26-8-5-19(6-9-26)30(37)33-11-2-12-36(38)39/h3-10,13-18H,2,11-12H2,1H3,(H,33,37). The number of hydrogen-bond donors (Lipinski definition) is 1. The number of ether oxygens (including phenoxy) is 2. The second-order valence-electron chi connectivity index (χ2n) is 9.13. The number of benzene rings is 4. The molecule has 1 N–H and O–H groups in total. The van der Waals surface area contributed by atoms with E-state index in [4.69, 9.17) is 9.47 Å². The predicted molar refractivity (Wildman–Crippen MR) is 148 cm³/mol. The van der Waals surface area contributed by atoms with E-state index in [2.05, 4.69) is 10.4 Å².